The third-order valence-corrected chi connectivity index (χ3v) is 6.66. The van der Waals surface area contributed by atoms with Gasteiger partial charge in [0.25, 0.3) is 5.92 Å². The van der Waals surface area contributed by atoms with Crippen LogP contribution in [0.3, 0.4) is 0 Å². The number of pyridine rings is 1. The summed E-state index contributed by atoms with van der Waals surface area (Å²) in [5.74, 6) is -4.04. The summed E-state index contributed by atoms with van der Waals surface area (Å²) in [6.45, 7) is 6.02. The first kappa shape index (κ1) is 20.7. The van der Waals surface area contributed by atoms with E-state index >= 15 is 0 Å². The Kier molecular flexibility index (Phi) is 4.32. The van der Waals surface area contributed by atoms with E-state index in [0.29, 0.717) is 23.4 Å². The van der Waals surface area contributed by atoms with E-state index in [1.807, 2.05) is 16.7 Å². The van der Waals surface area contributed by atoms with E-state index in [1.165, 1.54) is 12.3 Å². The van der Waals surface area contributed by atoms with Crippen molar-refractivity contribution in [3.05, 3.63) is 52.0 Å². The van der Waals surface area contributed by atoms with Crippen molar-refractivity contribution < 1.29 is 23.1 Å². The molecule has 5 rings (SSSR count). The number of benzene rings is 1. The number of furan rings is 1. The molecule has 1 fully saturated rings. The Hall–Kier alpha value is -3.16. The highest BCUT2D eigenvalue weighted by Crippen LogP contribution is 2.47. The Bertz CT molecular complexity index is 1320. The number of fused-ring (bicyclic) bond motifs is 5. The summed E-state index contributed by atoms with van der Waals surface area (Å²) in [6.07, 6.45) is 3.35. The molecule has 1 aromatic carbocycles. The Morgan fingerprint density at radius 2 is 2.03 bits per heavy atom. The van der Waals surface area contributed by atoms with Crippen LogP contribution in [-0.4, -0.2) is 34.7 Å². The third kappa shape index (κ3) is 3.12. The van der Waals surface area contributed by atoms with Crippen LogP contribution in [0.2, 0.25) is 0 Å². The Morgan fingerprint density at radius 1 is 1.28 bits per heavy atom. The number of anilines is 1. The predicted octanol–water partition coefficient (Wildman–Crippen LogP) is 4.95. The maximum atomic E-state index is 14.0. The number of aromatic nitrogens is 1. The molecule has 8 heteroatoms. The fourth-order valence-electron chi connectivity index (χ4n) is 5.00. The number of halogens is 2. The van der Waals surface area contributed by atoms with E-state index in [4.69, 9.17) is 4.42 Å². The van der Waals surface area contributed by atoms with Crippen LogP contribution in [0.25, 0.3) is 22.2 Å². The number of rotatable bonds is 2. The van der Waals surface area contributed by atoms with Crippen molar-refractivity contribution in [3.63, 3.8) is 0 Å². The first-order valence-corrected chi connectivity index (χ1v) is 10.6. The average Bonchev–Trinajstić information content (AvgIpc) is 3.31. The van der Waals surface area contributed by atoms with Gasteiger partial charge < -0.3 is 19.0 Å². The highest BCUT2D eigenvalue weighted by Gasteiger charge is 2.40. The molecule has 0 bridgehead atoms. The van der Waals surface area contributed by atoms with E-state index in [2.05, 4.69) is 20.8 Å². The number of aromatic carboxylic acids is 1. The molecule has 3 aromatic rings. The number of nitrogens with zero attached hydrogens (tertiary/aromatic N) is 2. The molecule has 1 N–H and O–H groups in total. The zero-order valence-electron chi connectivity index (χ0n) is 18.1. The smallest absolute Gasteiger partial charge is 0.341 e. The fourth-order valence-corrected chi connectivity index (χ4v) is 5.00. The maximum Gasteiger partial charge on any atom is 0.341 e. The first-order valence-electron chi connectivity index (χ1n) is 10.6. The van der Waals surface area contributed by atoms with Crippen molar-refractivity contribution in [1.82, 2.24) is 4.57 Å². The van der Waals surface area contributed by atoms with E-state index < -0.39 is 23.9 Å². The van der Waals surface area contributed by atoms with Gasteiger partial charge in [0.15, 0.2) is 11.0 Å². The van der Waals surface area contributed by atoms with Gasteiger partial charge in [-0.1, -0.05) is 20.8 Å². The number of alkyl halides is 2. The van der Waals surface area contributed by atoms with Crippen molar-refractivity contribution in [3.8, 4) is 11.3 Å². The Labute approximate surface area is 183 Å². The normalized spacial score (nSPS) is 19.8. The molecule has 0 spiro atoms. The summed E-state index contributed by atoms with van der Waals surface area (Å²) in [5, 5.41) is 10.3. The monoisotopic (exact) mass is 442 g/mol. The molecule has 4 heterocycles. The van der Waals surface area contributed by atoms with Crippen LogP contribution in [0.5, 0.6) is 0 Å². The first-order chi connectivity index (χ1) is 15.0. The third-order valence-electron chi connectivity index (χ3n) is 6.66. The van der Waals surface area contributed by atoms with Gasteiger partial charge in [0.2, 0.25) is 0 Å². The summed E-state index contributed by atoms with van der Waals surface area (Å²) in [6, 6.07) is 4.90. The van der Waals surface area contributed by atoms with Gasteiger partial charge in [-0.05, 0) is 29.5 Å². The van der Waals surface area contributed by atoms with Gasteiger partial charge in [-0.25, -0.2) is 13.6 Å². The van der Waals surface area contributed by atoms with Crippen molar-refractivity contribution in [2.45, 2.75) is 45.6 Å². The summed E-state index contributed by atoms with van der Waals surface area (Å²) < 4.78 is 35.5. The molecule has 0 radical (unpaired) electrons. The molecular formula is C24H24F2N2O4. The molecule has 0 aliphatic carbocycles. The van der Waals surface area contributed by atoms with Gasteiger partial charge in [-0.15, -0.1) is 0 Å². The molecule has 1 atom stereocenters. The van der Waals surface area contributed by atoms with E-state index in [1.54, 1.807) is 11.2 Å². The van der Waals surface area contributed by atoms with Crippen LogP contribution >= 0.6 is 0 Å². The minimum Gasteiger partial charge on any atom is -0.477 e. The minimum absolute atomic E-state index is 0.108. The average molecular weight is 442 g/mol. The summed E-state index contributed by atoms with van der Waals surface area (Å²) >= 11 is 0. The second-order valence-electron chi connectivity index (χ2n) is 9.85. The molecule has 168 valence electrons. The number of carbonyl (C=O) groups is 1. The van der Waals surface area contributed by atoms with Crippen molar-refractivity contribution in [2.24, 2.45) is 5.41 Å². The van der Waals surface area contributed by atoms with Gasteiger partial charge in [0.05, 0.1) is 24.2 Å². The van der Waals surface area contributed by atoms with Crippen molar-refractivity contribution in [2.75, 3.05) is 18.0 Å². The SMILES string of the molecule is CC(C)(C)[C@@H]1Cc2c(cc(N3CCC(F)(F)C3)c3occc23)-c2cc(=O)c(C(=O)O)cn21. The van der Waals surface area contributed by atoms with Crippen molar-refractivity contribution >= 4 is 22.6 Å². The second kappa shape index (κ2) is 6.67. The van der Waals surface area contributed by atoms with Crippen molar-refractivity contribution in [1.29, 1.82) is 0 Å². The zero-order valence-corrected chi connectivity index (χ0v) is 18.1. The summed E-state index contributed by atoms with van der Waals surface area (Å²) in [7, 11) is 0. The van der Waals surface area contributed by atoms with Crippen LogP contribution < -0.4 is 10.3 Å². The highest BCUT2D eigenvalue weighted by atomic mass is 19.3. The molecule has 6 nitrogen and oxygen atoms in total. The van der Waals surface area contributed by atoms with E-state index in [-0.39, 0.29) is 30.0 Å². The van der Waals surface area contributed by atoms with Crippen LogP contribution in [-0.2, 0) is 6.42 Å². The summed E-state index contributed by atoms with van der Waals surface area (Å²) in [5.41, 5.74) is 2.36. The predicted molar refractivity (Wildman–Crippen MR) is 117 cm³/mol. The van der Waals surface area contributed by atoms with Gasteiger partial charge in [-0.2, -0.15) is 0 Å². The number of hydrogen-bond acceptors (Lipinski definition) is 4. The molecule has 0 saturated carbocycles. The largest absolute Gasteiger partial charge is 0.477 e. The molecule has 0 amide bonds. The number of hydrogen-bond donors (Lipinski definition) is 1. The topological polar surface area (TPSA) is 75.7 Å². The maximum absolute atomic E-state index is 14.0. The molecule has 2 aromatic heterocycles. The molecule has 2 aliphatic heterocycles. The van der Waals surface area contributed by atoms with Crippen LogP contribution in [0, 0.1) is 5.41 Å². The Balaban J connectivity index is 1.79. The standard InChI is InChI=1S/C24H24F2N2O4/c1-23(2,3)20-9-14-13-4-7-32-21(13)18(27-6-5-24(25,26)12-27)8-15(14)17-10-19(29)16(22(30)31)11-28(17)20/h4,7-8,10-11,20H,5-6,9,12H2,1-3H3,(H,30,31)/t20-/m0/s1. The van der Waals surface area contributed by atoms with Gasteiger partial charge in [0, 0.05) is 42.2 Å². The second-order valence-corrected chi connectivity index (χ2v) is 9.85. The Morgan fingerprint density at radius 3 is 2.66 bits per heavy atom. The van der Waals surface area contributed by atoms with Gasteiger partial charge >= 0.3 is 5.97 Å². The lowest BCUT2D eigenvalue weighted by Gasteiger charge is -2.39. The number of carboxylic acid groups (broad SMARTS) is 1. The quantitative estimate of drug-likeness (QED) is 0.608. The molecule has 1 saturated heterocycles. The lowest BCUT2D eigenvalue weighted by molar-refractivity contribution is 0.0257. The lowest BCUT2D eigenvalue weighted by Crippen LogP contribution is -2.33. The summed E-state index contributed by atoms with van der Waals surface area (Å²) in [4.78, 5) is 25.9. The molecular weight excluding hydrogens is 418 g/mol. The fraction of sp³-hybridized carbons (Fsp3) is 0.417. The van der Waals surface area contributed by atoms with Gasteiger partial charge in [-0.3, -0.25) is 4.79 Å². The zero-order chi connectivity index (χ0) is 23.0. The van der Waals surface area contributed by atoms with Gasteiger partial charge in [0.1, 0.15) is 5.56 Å². The van der Waals surface area contributed by atoms with E-state index in [9.17, 15) is 23.5 Å². The van der Waals surface area contributed by atoms with Crippen LogP contribution in [0.15, 0.2) is 39.9 Å². The molecule has 0 unspecified atom stereocenters. The molecule has 2 aliphatic rings. The molecule has 32 heavy (non-hydrogen) atoms. The van der Waals surface area contributed by atoms with E-state index in [0.717, 1.165) is 16.5 Å². The minimum atomic E-state index is -2.77. The number of carboxylic acids is 1. The van der Waals surface area contributed by atoms with Crippen LogP contribution in [0.4, 0.5) is 14.5 Å². The highest BCUT2D eigenvalue weighted by molar-refractivity contribution is 5.98. The lowest BCUT2D eigenvalue weighted by atomic mass is 9.78. The van der Waals surface area contributed by atoms with Crippen LogP contribution in [0.1, 0.15) is 49.2 Å².